The summed E-state index contributed by atoms with van der Waals surface area (Å²) in [4.78, 5) is 4.62. The maximum Gasteiger partial charge on any atom is 0.264 e. The molecule has 0 saturated heterocycles. The molecule has 0 spiro atoms. The van der Waals surface area contributed by atoms with Gasteiger partial charge in [-0.1, -0.05) is 18.2 Å². The zero-order valence-electron chi connectivity index (χ0n) is 15.0. The quantitative estimate of drug-likeness (QED) is 0.675. The van der Waals surface area contributed by atoms with E-state index in [2.05, 4.69) is 4.98 Å². The molecule has 0 radical (unpaired) electrons. The zero-order chi connectivity index (χ0) is 18.6. The fourth-order valence-corrected chi connectivity index (χ4v) is 5.44. The van der Waals surface area contributed by atoms with Crippen molar-refractivity contribution < 1.29 is 12.8 Å². The Labute approximate surface area is 158 Å². The highest BCUT2D eigenvalue weighted by atomic mass is 32.2. The Bertz CT molecular complexity index is 1100. The predicted molar refractivity (Wildman–Crippen MR) is 103 cm³/mol. The minimum atomic E-state index is -3.61. The van der Waals surface area contributed by atoms with Gasteiger partial charge in [0.2, 0.25) is 0 Å². The number of anilines is 1. The smallest absolute Gasteiger partial charge is 0.264 e. The fraction of sp³-hybridized carbons (Fsp3) is 0.286. The van der Waals surface area contributed by atoms with E-state index in [4.69, 9.17) is 4.42 Å². The van der Waals surface area contributed by atoms with Crippen LogP contribution in [0, 0.1) is 0 Å². The molecule has 2 heterocycles. The van der Waals surface area contributed by atoms with E-state index in [1.165, 1.54) is 4.31 Å². The van der Waals surface area contributed by atoms with Crippen molar-refractivity contribution in [3.05, 3.63) is 66.2 Å². The van der Waals surface area contributed by atoms with Crippen LogP contribution >= 0.6 is 0 Å². The summed E-state index contributed by atoms with van der Waals surface area (Å²) in [5.41, 5.74) is 2.68. The number of nitrogens with zero attached hydrogens (tertiary/aromatic N) is 2. The third kappa shape index (κ3) is 2.75. The number of sulfonamides is 1. The molecule has 1 aliphatic carbocycles. The average molecular weight is 380 g/mol. The molecule has 5 nitrogen and oxygen atoms in total. The van der Waals surface area contributed by atoms with E-state index in [1.807, 2.05) is 31.2 Å². The van der Waals surface area contributed by atoms with Crippen LogP contribution in [0.5, 0.6) is 0 Å². The molecule has 1 atom stereocenters. The summed E-state index contributed by atoms with van der Waals surface area (Å²) in [6.07, 6.45) is 4.71. The zero-order valence-corrected chi connectivity index (χ0v) is 15.8. The standard InChI is InChI=1S/C21H20N2O3S/c1-14-12-17-4-2-3-5-19(17)23(14)27(24,25)18-10-8-15(9-11-18)20-13-22-21(26-20)16-6-7-16/h2-5,8-11,13-14,16H,6-7,12H2,1H3/t14-/m0/s1. The molecule has 1 aromatic heterocycles. The summed E-state index contributed by atoms with van der Waals surface area (Å²) < 4.78 is 33.8. The van der Waals surface area contributed by atoms with Gasteiger partial charge in [0.05, 0.1) is 16.8 Å². The number of rotatable bonds is 4. The molecule has 0 unspecified atom stereocenters. The average Bonchev–Trinajstić information content (AvgIpc) is 3.29. The minimum Gasteiger partial charge on any atom is -0.440 e. The molecule has 138 valence electrons. The second-order valence-electron chi connectivity index (χ2n) is 7.34. The van der Waals surface area contributed by atoms with Crippen molar-refractivity contribution in [2.75, 3.05) is 4.31 Å². The molecule has 0 N–H and O–H groups in total. The molecule has 2 aromatic carbocycles. The molecule has 1 fully saturated rings. The molecular weight excluding hydrogens is 360 g/mol. The summed E-state index contributed by atoms with van der Waals surface area (Å²) in [7, 11) is -3.61. The lowest BCUT2D eigenvalue weighted by Crippen LogP contribution is -2.35. The lowest BCUT2D eigenvalue weighted by molar-refractivity contribution is 0.509. The lowest BCUT2D eigenvalue weighted by atomic mass is 10.1. The van der Waals surface area contributed by atoms with Crippen LogP contribution in [0.25, 0.3) is 11.3 Å². The van der Waals surface area contributed by atoms with E-state index in [1.54, 1.807) is 30.5 Å². The first-order valence-electron chi connectivity index (χ1n) is 9.22. The molecule has 3 aromatic rings. The number of aromatic nitrogens is 1. The van der Waals surface area contributed by atoms with Gasteiger partial charge in [0.1, 0.15) is 0 Å². The normalized spacial score (nSPS) is 19.3. The number of fused-ring (bicyclic) bond motifs is 1. The van der Waals surface area contributed by atoms with E-state index in [0.717, 1.165) is 42.0 Å². The van der Waals surface area contributed by atoms with E-state index in [0.29, 0.717) is 11.7 Å². The Hall–Kier alpha value is -2.60. The summed E-state index contributed by atoms with van der Waals surface area (Å²) >= 11 is 0. The molecule has 1 saturated carbocycles. The highest BCUT2D eigenvalue weighted by Crippen LogP contribution is 2.41. The number of para-hydroxylation sites is 1. The van der Waals surface area contributed by atoms with Gasteiger partial charge < -0.3 is 4.42 Å². The predicted octanol–water partition coefficient (Wildman–Crippen LogP) is 4.36. The molecular formula is C21H20N2O3S. The van der Waals surface area contributed by atoms with E-state index in [9.17, 15) is 8.42 Å². The van der Waals surface area contributed by atoms with Crippen molar-refractivity contribution >= 4 is 15.7 Å². The van der Waals surface area contributed by atoms with Crippen molar-refractivity contribution in [3.63, 3.8) is 0 Å². The van der Waals surface area contributed by atoms with Gasteiger partial charge in [-0.15, -0.1) is 0 Å². The van der Waals surface area contributed by atoms with Crippen LogP contribution in [0.15, 0.2) is 64.0 Å². The second-order valence-corrected chi connectivity index (χ2v) is 9.16. The maximum atomic E-state index is 13.2. The van der Waals surface area contributed by atoms with Gasteiger partial charge in [-0.3, -0.25) is 4.31 Å². The van der Waals surface area contributed by atoms with Crippen LogP contribution in [0.1, 0.15) is 37.1 Å². The monoisotopic (exact) mass is 380 g/mol. The third-order valence-electron chi connectivity index (χ3n) is 5.29. The van der Waals surface area contributed by atoms with Gasteiger partial charge in [-0.05, 0) is 62.1 Å². The Morgan fingerprint density at radius 2 is 1.81 bits per heavy atom. The summed E-state index contributed by atoms with van der Waals surface area (Å²) in [6.45, 7) is 1.94. The Morgan fingerprint density at radius 1 is 1.07 bits per heavy atom. The fourth-order valence-electron chi connectivity index (χ4n) is 3.75. The number of hydrogen-bond acceptors (Lipinski definition) is 4. The van der Waals surface area contributed by atoms with Gasteiger partial charge in [0.15, 0.2) is 11.7 Å². The van der Waals surface area contributed by atoms with Crippen LogP contribution in [-0.4, -0.2) is 19.4 Å². The number of oxazole rings is 1. The molecule has 6 heteroatoms. The van der Waals surface area contributed by atoms with Crippen molar-refractivity contribution in [2.24, 2.45) is 0 Å². The number of benzene rings is 2. The van der Waals surface area contributed by atoms with Crippen LogP contribution in [-0.2, 0) is 16.4 Å². The van der Waals surface area contributed by atoms with E-state index < -0.39 is 10.0 Å². The van der Waals surface area contributed by atoms with Crippen LogP contribution in [0.3, 0.4) is 0 Å². The summed E-state index contributed by atoms with van der Waals surface area (Å²) in [6, 6.07) is 14.5. The van der Waals surface area contributed by atoms with Crippen molar-refractivity contribution in [2.45, 2.75) is 43.0 Å². The van der Waals surface area contributed by atoms with Gasteiger partial charge in [0.25, 0.3) is 10.0 Å². The van der Waals surface area contributed by atoms with E-state index >= 15 is 0 Å². The van der Waals surface area contributed by atoms with Crippen LogP contribution < -0.4 is 4.31 Å². The van der Waals surface area contributed by atoms with Crippen molar-refractivity contribution in [1.29, 1.82) is 0 Å². The van der Waals surface area contributed by atoms with Gasteiger partial charge in [0, 0.05) is 17.5 Å². The first-order chi connectivity index (χ1) is 13.0. The number of hydrogen-bond donors (Lipinski definition) is 0. The maximum absolute atomic E-state index is 13.2. The molecule has 0 bridgehead atoms. The highest BCUT2D eigenvalue weighted by molar-refractivity contribution is 7.92. The molecule has 2 aliphatic rings. The topological polar surface area (TPSA) is 63.4 Å². The Kier molecular flexibility index (Phi) is 3.65. The van der Waals surface area contributed by atoms with Gasteiger partial charge >= 0.3 is 0 Å². The van der Waals surface area contributed by atoms with Crippen LogP contribution in [0.4, 0.5) is 5.69 Å². The Morgan fingerprint density at radius 3 is 2.56 bits per heavy atom. The Balaban J connectivity index is 1.47. The van der Waals surface area contributed by atoms with Crippen molar-refractivity contribution in [3.8, 4) is 11.3 Å². The first-order valence-corrected chi connectivity index (χ1v) is 10.7. The first kappa shape index (κ1) is 16.6. The van der Waals surface area contributed by atoms with Crippen molar-refractivity contribution in [1.82, 2.24) is 4.98 Å². The minimum absolute atomic E-state index is 0.0950. The van der Waals surface area contributed by atoms with E-state index in [-0.39, 0.29) is 10.9 Å². The lowest BCUT2D eigenvalue weighted by Gasteiger charge is -2.24. The van der Waals surface area contributed by atoms with Gasteiger partial charge in [-0.25, -0.2) is 13.4 Å². The van der Waals surface area contributed by atoms with Crippen LogP contribution in [0.2, 0.25) is 0 Å². The largest absolute Gasteiger partial charge is 0.440 e. The second kappa shape index (κ2) is 5.96. The summed E-state index contributed by atoms with van der Waals surface area (Å²) in [5.74, 6) is 1.92. The molecule has 1 aliphatic heterocycles. The van der Waals surface area contributed by atoms with Gasteiger partial charge in [-0.2, -0.15) is 0 Å². The molecule has 0 amide bonds. The molecule has 5 rings (SSSR count). The third-order valence-corrected chi connectivity index (χ3v) is 7.23. The SMILES string of the molecule is C[C@H]1Cc2ccccc2N1S(=O)(=O)c1ccc(-c2cnc(C3CC3)o2)cc1. The summed E-state index contributed by atoms with van der Waals surface area (Å²) in [5, 5.41) is 0. The highest BCUT2D eigenvalue weighted by Gasteiger charge is 2.35. The molecule has 27 heavy (non-hydrogen) atoms.